The molecule has 0 radical (unpaired) electrons. The Balaban J connectivity index is 2.10. The smallest absolute Gasteiger partial charge is 0.241 e. The van der Waals surface area contributed by atoms with Crippen molar-refractivity contribution in [1.82, 2.24) is 9.71 Å². The molecule has 0 aliphatic heterocycles. The third kappa shape index (κ3) is 4.35. The summed E-state index contributed by atoms with van der Waals surface area (Å²) in [5.74, 6) is 0. The standard InChI is InChI=1S/C13H14Br2N2O2S2/c1-8-5-11(15)12(6-10(8)14)21(18,19)16-4-3-13-17-9(2)7-20-13/h5-7,16H,3-4H2,1-2H3. The van der Waals surface area contributed by atoms with Gasteiger partial charge in [-0.2, -0.15) is 0 Å². The highest BCUT2D eigenvalue weighted by Gasteiger charge is 2.18. The van der Waals surface area contributed by atoms with Crippen molar-refractivity contribution in [3.63, 3.8) is 0 Å². The molecule has 1 N–H and O–H groups in total. The van der Waals surface area contributed by atoms with Gasteiger partial charge in [0.1, 0.15) is 0 Å². The van der Waals surface area contributed by atoms with Crippen LogP contribution < -0.4 is 4.72 Å². The van der Waals surface area contributed by atoms with E-state index >= 15 is 0 Å². The summed E-state index contributed by atoms with van der Waals surface area (Å²) in [5.41, 5.74) is 1.93. The van der Waals surface area contributed by atoms with Crippen molar-refractivity contribution in [1.29, 1.82) is 0 Å². The van der Waals surface area contributed by atoms with Gasteiger partial charge in [0.2, 0.25) is 10.0 Å². The van der Waals surface area contributed by atoms with E-state index in [1.807, 2.05) is 19.2 Å². The molecule has 1 aromatic carbocycles. The van der Waals surface area contributed by atoms with Crippen LogP contribution in [0.3, 0.4) is 0 Å². The van der Waals surface area contributed by atoms with Gasteiger partial charge in [-0.25, -0.2) is 18.1 Å². The number of thiazole rings is 1. The summed E-state index contributed by atoms with van der Waals surface area (Å²) in [7, 11) is -3.54. The number of aromatic nitrogens is 1. The number of hydrogen-bond acceptors (Lipinski definition) is 4. The molecule has 2 aromatic rings. The quantitative estimate of drug-likeness (QED) is 0.748. The second-order valence-corrected chi connectivity index (χ2v) is 8.95. The highest BCUT2D eigenvalue weighted by Crippen LogP contribution is 2.28. The molecule has 0 aliphatic carbocycles. The lowest BCUT2D eigenvalue weighted by Crippen LogP contribution is -2.26. The van der Waals surface area contributed by atoms with Gasteiger partial charge in [-0.1, -0.05) is 15.9 Å². The van der Waals surface area contributed by atoms with Crippen LogP contribution in [0.15, 0.2) is 31.4 Å². The van der Waals surface area contributed by atoms with Gasteiger partial charge in [0, 0.05) is 33.0 Å². The molecule has 0 saturated carbocycles. The maximum absolute atomic E-state index is 12.3. The summed E-state index contributed by atoms with van der Waals surface area (Å²) in [6.45, 7) is 4.15. The van der Waals surface area contributed by atoms with E-state index in [9.17, 15) is 8.42 Å². The van der Waals surface area contributed by atoms with Crippen molar-refractivity contribution < 1.29 is 8.42 Å². The predicted molar refractivity (Wildman–Crippen MR) is 92.3 cm³/mol. The van der Waals surface area contributed by atoms with Crippen molar-refractivity contribution in [2.75, 3.05) is 6.54 Å². The summed E-state index contributed by atoms with van der Waals surface area (Å²) in [5, 5.41) is 2.89. The number of nitrogens with one attached hydrogen (secondary N) is 1. The third-order valence-corrected chi connectivity index (χ3v) is 7.10. The van der Waals surface area contributed by atoms with Gasteiger partial charge in [0.15, 0.2) is 0 Å². The van der Waals surface area contributed by atoms with Crippen LogP contribution in [-0.2, 0) is 16.4 Å². The van der Waals surface area contributed by atoms with Crippen LogP contribution in [0, 0.1) is 13.8 Å². The Morgan fingerprint density at radius 1 is 1.24 bits per heavy atom. The van der Waals surface area contributed by atoms with Crippen LogP contribution >= 0.6 is 43.2 Å². The largest absolute Gasteiger partial charge is 0.247 e. The van der Waals surface area contributed by atoms with E-state index in [1.165, 1.54) is 0 Å². The molecule has 0 spiro atoms. The summed E-state index contributed by atoms with van der Waals surface area (Å²) in [4.78, 5) is 4.54. The van der Waals surface area contributed by atoms with E-state index in [0.29, 0.717) is 17.4 Å². The zero-order valence-electron chi connectivity index (χ0n) is 11.5. The second-order valence-electron chi connectivity index (χ2n) is 4.56. The summed E-state index contributed by atoms with van der Waals surface area (Å²) >= 11 is 8.21. The first kappa shape index (κ1) is 17.1. The van der Waals surface area contributed by atoms with E-state index in [2.05, 4.69) is 41.6 Å². The molecule has 4 nitrogen and oxygen atoms in total. The maximum Gasteiger partial charge on any atom is 0.241 e. The lowest BCUT2D eigenvalue weighted by atomic mass is 10.2. The molecule has 1 heterocycles. The normalized spacial score (nSPS) is 11.8. The Kier molecular flexibility index (Phi) is 5.59. The van der Waals surface area contributed by atoms with E-state index in [0.717, 1.165) is 20.7 Å². The van der Waals surface area contributed by atoms with Crippen LogP contribution in [-0.4, -0.2) is 19.9 Å². The van der Waals surface area contributed by atoms with Crippen molar-refractivity contribution in [2.24, 2.45) is 0 Å². The van der Waals surface area contributed by atoms with Crippen LogP contribution in [0.1, 0.15) is 16.3 Å². The topological polar surface area (TPSA) is 59.1 Å². The number of aryl methyl sites for hydroxylation is 2. The van der Waals surface area contributed by atoms with Crippen LogP contribution in [0.5, 0.6) is 0 Å². The van der Waals surface area contributed by atoms with Crippen LogP contribution in [0.25, 0.3) is 0 Å². The Morgan fingerprint density at radius 3 is 2.57 bits per heavy atom. The Hall–Kier alpha value is -0.280. The van der Waals surface area contributed by atoms with Gasteiger partial charge >= 0.3 is 0 Å². The molecule has 114 valence electrons. The van der Waals surface area contributed by atoms with Crippen molar-refractivity contribution >= 4 is 53.2 Å². The van der Waals surface area contributed by atoms with Crippen molar-refractivity contribution in [3.8, 4) is 0 Å². The monoisotopic (exact) mass is 452 g/mol. The van der Waals surface area contributed by atoms with E-state index in [1.54, 1.807) is 23.5 Å². The SMILES string of the molecule is Cc1csc(CCNS(=O)(=O)c2cc(Br)c(C)cc2Br)n1. The van der Waals surface area contributed by atoms with Gasteiger partial charge in [0.05, 0.1) is 9.90 Å². The summed E-state index contributed by atoms with van der Waals surface area (Å²) < 4.78 is 28.6. The molecular formula is C13H14Br2N2O2S2. The average Bonchev–Trinajstić information content (AvgIpc) is 2.79. The lowest BCUT2D eigenvalue weighted by Gasteiger charge is -2.10. The van der Waals surface area contributed by atoms with Gasteiger partial charge in [-0.3, -0.25) is 0 Å². The van der Waals surface area contributed by atoms with E-state index in [4.69, 9.17) is 0 Å². The molecule has 0 fully saturated rings. The summed E-state index contributed by atoms with van der Waals surface area (Å²) in [6, 6.07) is 3.39. The molecular weight excluding hydrogens is 440 g/mol. The summed E-state index contributed by atoms with van der Waals surface area (Å²) in [6.07, 6.45) is 0.586. The van der Waals surface area contributed by atoms with Gasteiger partial charge in [-0.15, -0.1) is 11.3 Å². The molecule has 21 heavy (non-hydrogen) atoms. The van der Waals surface area contributed by atoms with Crippen LogP contribution in [0.4, 0.5) is 0 Å². The predicted octanol–water partition coefficient (Wildman–Crippen LogP) is 3.81. The molecule has 0 amide bonds. The fourth-order valence-electron chi connectivity index (χ4n) is 1.72. The number of nitrogens with zero attached hydrogens (tertiary/aromatic N) is 1. The third-order valence-electron chi connectivity index (χ3n) is 2.80. The molecule has 0 bridgehead atoms. The lowest BCUT2D eigenvalue weighted by molar-refractivity contribution is 0.581. The number of rotatable bonds is 5. The number of hydrogen-bond donors (Lipinski definition) is 1. The second kappa shape index (κ2) is 6.87. The fraction of sp³-hybridized carbons (Fsp3) is 0.308. The Labute approximate surface area is 145 Å². The van der Waals surface area contributed by atoms with E-state index < -0.39 is 10.0 Å². The molecule has 2 rings (SSSR count). The maximum atomic E-state index is 12.3. The zero-order valence-corrected chi connectivity index (χ0v) is 16.3. The van der Waals surface area contributed by atoms with Crippen molar-refractivity contribution in [3.05, 3.63) is 42.7 Å². The minimum Gasteiger partial charge on any atom is -0.247 e. The Bertz CT molecular complexity index is 758. The minimum absolute atomic E-state index is 0.232. The zero-order chi connectivity index (χ0) is 15.6. The molecule has 0 atom stereocenters. The minimum atomic E-state index is -3.54. The first-order chi connectivity index (χ1) is 9.79. The number of sulfonamides is 1. The van der Waals surface area contributed by atoms with Crippen molar-refractivity contribution in [2.45, 2.75) is 25.2 Å². The highest BCUT2D eigenvalue weighted by molar-refractivity contribution is 9.11. The average molecular weight is 454 g/mol. The molecule has 1 aromatic heterocycles. The molecule has 0 aliphatic rings. The van der Waals surface area contributed by atoms with Crippen LogP contribution in [0.2, 0.25) is 0 Å². The first-order valence-electron chi connectivity index (χ1n) is 6.16. The van der Waals surface area contributed by atoms with Gasteiger partial charge in [-0.05, 0) is 47.5 Å². The molecule has 0 saturated heterocycles. The molecule has 0 unspecified atom stereocenters. The Morgan fingerprint density at radius 2 is 1.95 bits per heavy atom. The first-order valence-corrected chi connectivity index (χ1v) is 10.1. The highest BCUT2D eigenvalue weighted by atomic mass is 79.9. The number of halogens is 2. The molecule has 8 heteroatoms. The van der Waals surface area contributed by atoms with E-state index in [-0.39, 0.29) is 4.90 Å². The fourth-order valence-corrected chi connectivity index (χ4v) is 5.20. The van der Waals surface area contributed by atoms with Gasteiger partial charge in [0.25, 0.3) is 0 Å². The number of benzene rings is 1. The van der Waals surface area contributed by atoms with Gasteiger partial charge < -0.3 is 0 Å².